The van der Waals surface area contributed by atoms with Crippen molar-refractivity contribution in [1.82, 2.24) is 9.97 Å². The topological polar surface area (TPSA) is 38.9 Å². The van der Waals surface area contributed by atoms with Crippen molar-refractivity contribution >= 4 is 54.3 Å². The highest BCUT2D eigenvalue weighted by Gasteiger charge is 2.20. The molecule has 0 saturated carbocycles. The summed E-state index contributed by atoms with van der Waals surface area (Å²) in [5, 5.41) is 9.63. The third-order valence-corrected chi connectivity index (χ3v) is 10.9. The molecule has 3 heteroatoms. The minimum absolute atomic E-state index is 0.672. The van der Waals surface area contributed by atoms with E-state index in [9.17, 15) is 0 Å². The van der Waals surface area contributed by atoms with Gasteiger partial charge in [0.05, 0.1) is 11.4 Å². The Bertz CT molecular complexity index is 3240. The van der Waals surface area contributed by atoms with Gasteiger partial charge < -0.3 is 4.42 Å². The maximum absolute atomic E-state index is 6.47. The lowest BCUT2D eigenvalue weighted by Crippen LogP contribution is -1.96. The van der Waals surface area contributed by atoms with Crippen LogP contribution in [0.2, 0.25) is 0 Å². The van der Waals surface area contributed by atoms with Crippen LogP contribution in [0.25, 0.3) is 110 Å². The summed E-state index contributed by atoms with van der Waals surface area (Å²) in [5.41, 5.74) is 11.1. The molecule has 9 aromatic carbocycles. The molecular formula is C52H32N2O. The fourth-order valence-corrected chi connectivity index (χ4v) is 8.37. The second-order valence-corrected chi connectivity index (χ2v) is 14.1. The number of para-hydroxylation sites is 2. The largest absolute Gasteiger partial charge is 0.455 e. The third-order valence-electron chi connectivity index (χ3n) is 10.9. The van der Waals surface area contributed by atoms with Crippen LogP contribution in [0.4, 0.5) is 0 Å². The number of benzene rings is 9. The van der Waals surface area contributed by atoms with Gasteiger partial charge in [0.25, 0.3) is 0 Å². The van der Waals surface area contributed by atoms with Gasteiger partial charge in [0.2, 0.25) is 0 Å². The average Bonchev–Trinajstić information content (AvgIpc) is 3.65. The third kappa shape index (κ3) is 5.13. The Balaban J connectivity index is 1.11. The van der Waals surface area contributed by atoms with Gasteiger partial charge in [0, 0.05) is 27.5 Å². The highest BCUT2D eigenvalue weighted by Crippen LogP contribution is 2.46. The molecule has 0 bridgehead atoms. The van der Waals surface area contributed by atoms with Crippen molar-refractivity contribution in [3.8, 4) is 56.2 Å². The monoisotopic (exact) mass is 700 g/mol. The molecule has 0 aliphatic rings. The summed E-state index contributed by atoms with van der Waals surface area (Å²) in [7, 11) is 0. The number of nitrogens with zero attached hydrogens (tertiary/aromatic N) is 2. The zero-order valence-electron chi connectivity index (χ0n) is 29.8. The molecule has 256 valence electrons. The molecule has 0 unspecified atom stereocenters. The van der Waals surface area contributed by atoms with Crippen molar-refractivity contribution < 1.29 is 4.42 Å². The fourth-order valence-electron chi connectivity index (χ4n) is 8.37. The first-order valence-corrected chi connectivity index (χ1v) is 18.7. The number of fused-ring (bicyclic) bond motifs is 7. The summed E-state index contributed by atoms with van der Waals surface area (Å²) in [4.78, 5) is 10.3. The molecule has 0 N–H and O–H groups in total. The van der Waals surface area contributed by atoms with Crippen LogP contribution in [0.3, 0.4) is 0 Å². The van der Waals surface area contributed by atoms with E-state index in [1.165, 1.54) is 49.0 Å². The van der Waals surface area contributed by atoms with E-state index in [0.717, 1.165) is 55.6 Å². The van der Waals surface area contributed by atoms with Gasteiger partial charge in [-0.3, -0.25) is 0 Å². The van der Waals surface area contributed by atoms with Gasteiger partial charge in [0.1, 0.15) is 11.2 Å². The molecule has 11 rings (SSSR count). The summed E-state index contributed by atoms with van der Waals surface area (Å²) in [6.07, 6.45) is 0. The molecule has 3 nitrogen and oxygen atoms in total. The Labute approximate surface area is 317 Å². The molecule has 11 aromatic rings. The number of hydrogen-bond donors (Lipinski definition) is 0. The summed E-state index contributed by atoms with van der Waals surface area (Å²) in [5.74, 6) is 0.672. The number of rotatable bonds is 5. The molecule has 0 fully saturated rings. The lowest BCUT2D eigenvalue weighted by atomic mass is 9.84. The zero-order valence-corrected chi connectivity index (χ0v) is 29.8. The minimum Gasteiger partial charge on any atom is -0.455 e. The van der Waals surface area contributed by atoms with Gasteiger partial charge in [-0.2, -0.15) is 0 Å². The van der Waals surface area contributed by atoms with Crippen LogP contribution in [-0.2, 0) is 0 Å². The van der Waals surface area contributed by atoms with Crippen molar-refractivity contribution in [3.63, 3.8) is 0 Å². The van der Waals surface area contributed by atoms with Crippen LogP contribution in [-0.4, -0.2) is 9.97 Å². The highest BCUT2D eigenvalue weighted by atomic mass is 16.3. The predicted octanol–water partition coefficient (Wildman–Crippen LogP) is 14.2. The Hall–Kier alpha value is -7.36. The standard InChI is InChI=1S/C52H32N2O/c1-3-15-35(16-4-1)49-41-22-10-9-21-40(41)48(44-31-30-33-14-7-8-19-38(33)50(44)49)36-28-26-34(27-29-36)45-32-46(54-52(53-45)37-17-5-2-6-18-37)43-24-13-23-42-39-20-11-12-25-47(39)55-51(42)43/h1-32H. The van der Waals surface area contributed by atoms with Gasteiger partial charge in [-0.05, 0) is 72.8 Å². The molecule has 0 aliphatic heterocycles. The van der Waals surface area contributed by atoms with Crippen molar-refractivity contribution in [2.75, 3.05) is 0 Å². The first-order chi connectivity index (χ1) is 27.3. The highest BCUT2D eigenvalue weighted by molar-refractivity contribution is 6.28. The second kappa shape index (κ2) is 12.6. The van der Waals surface area contributed by atoms with Crippen LogP contribution in [0.15, 0.2) is 199 Å². The first kappa shape index (κ1) is 31.2. The van der Waals surface area contributed by atoms with Crippen molar-refractivity contribution in [2.24, 2.45) is 0 Å². The molecule has 0 atom stereocenters. The Morgan fingerprint density at radius 1 is 0.345 bits per heavy atom. The summed E-state index contributed by atoms with van der Waals surface area (Å²) < 4.78 is 6.47. The predicted molar refractivity (Wildman–Crippen MR) is 229 cm³/mol. The van der Waals surface area contributed by atoms with E-state index in [2.05, 4.69) is 164 Å². The van der Waals surface area contributed by atoms with Gasteiger partial charge in [-0.15, -0.1) is 0 Å². The lowest BCUT2D eigenvalue weighted by molar-refractivity contribution is 0.670. The normalized spacial score (nSPS) is 11.6. The van der Waals surface area contributed by atoms with E-state index in [-0.39, 0.29) is 0 Å². The minimum atomic E-state index is 0.672. The molecule has 0 radical (unpaired) electrons. The molecule has 2 heterocycles. The summed E-state index contributed by atoms with van der Waals surface area (Å²) in [6.45, 7) is 0. The van der Waals surface area contributed by atoms with E-state index in [4.69, 9.17) is 14.4 Å². The Morgan fingerprint density at radius 2 is 0.927 bits per heavy atom. The maximum Gasteiger partial charge on any atom is 0.160 e. The van der Waals surface area contributed by atoms with Crippen LogP contribution in [0, 0.1) is 0 Å². The molecule has 0 spiro atoms. The molecule has 0 amide bonds. The SMILES string of the molecule is c1ccc(-c2nc(-c3ccc(-c4c5ccccc5c(-c5ccccc5)c5c4ccc4ccccc45)cc3)cc(-c3cccc4c3oc3ccccc34)n2)cc1. The Kier molecular flexibility index (Phi) is 7.17. The lowest BCUT2D eigenvalue weighted by Gasteiger charge is -2.19. The second-order valence-electron chi connectivity index (χ2n) is 14.1. The fraction of sp³-hybridized carbons (Fsp3) is 0. The molecule has 55 heavy (non-hydrogen) atoms. The molecule has 0 aliphatic carbocycles. The van der Waals surface area contributed by atoms with E-state index in [1.807, 2.05) is 30.3 Å². The average molecular weight is 701 g/mol. The van der Waals surface area contributed by atoms with Crippen LogP contribution in [0.1, 0.15) is 0 Å². The van der Waals surface area contributed by atoms with E-state index >= 15 is 0 Å². The number of aromatic nitrogens is 2. The Morgan fingerprint density at radius 3 is 1.71 bits per heavy atom. The van der Waals surface area contributed by atoms with E-state index < -0.39 is 0 Å². The van der Waals surface area contributed by atoms with Gasteiger partial charge >= 0.3 is 0 Å². The van der Waals surface area contributed by atoms with Crippen molar-refractivity contribution in [3.05, 3.63) is 194 Å². The smallest absolute Gasteiger partial charge is 0.160 e. The first-order valence-electron chi connectivity index (χ1n) is 18.7. The summed E-state index contributed by atoms with van der Waals surface area (Å²) in [6, 6.07) is 68.6. The zero-order chi connectivity index (χ0) is 36.3. The maximum atomic E-state index is 6.47. The number of furan rings is 1. The molecule has 2 aromatic heterocycles. The van der Waals surface area contributed by atoms with Crippen LogP contribution < -0.4 is 0 Å². The number of hydrogen-bond acceptors (Lipinski definition) is 3. The van der Waals surface area contributed by atoms with E-state index in [0.29, 0.717) is 5.82 Å². The van der Waals surface area contributed by atoms with Gasteiger partial charge in [-0.1, -0.05) is 176 Å². The van der Waals surface area contributed by atoms with Crippen molar-refractivity contribution in [2.45, 2.75) is 0 Å². The van der Waals surface area contributed by atoms with Gasteiger partial charge in [0.15, 0.2) is 5.82 Å². The van der Waals surface area contributed by atoms with Gasteiger partial charge in [-0.25, -0.2) is 9.97 Å². The van der Waals surface area contributed by atoms with Crippen LogP contribution >= 0.6 is 0 Å². The quantitative estimate of drug-likeness (QED) is 0.133. The molecular weight excluding hydrogens is 669 g/mol. The van der Waals surface area contributed by atoms with Crippen molar-refractivity contribution in [1.29, 1.82) is 0 Å². The van der Waals surface area contributed by atoms with Crippen LogP contribution in [0.5, 0.6) is 0 Å². The van der Waals surface area contributed by atoms with E-state index in [1.54, 1.807) is 0 Å². The summed E-state index contributed by atoms with van der Waals surface area (Å²) >= 11 is 0. The molecule has 0 saturated heterocycles.